The van der Waals surface area contributed by atoms with Crippen molar-refractivity contribution in [2.24, 2.45) is 0 Å². The van der Waals surface area contributed by atoms with Crippen LogP contribution >= 0.6 is 11.6 Å². The number of hydrogen-bond acceptors (Lipinski definition) is 1. The van der Waals surface area contributed by atoms with Crippen LogP contribution in [-0.4, -0.2) is 0 Å². The summed E-state index contributed by atoms with van der Waals surface area (Å²) >= 11 is 5.98. The van der Waals surface area contributed by atoms with Gasteiger partial charge in [0.15, 0.2) is 0 Å². The molecular formula is C16H18ClN. The molecule has 0 radical (unpaired) electrons. The van der Waals surface area contributed by atoms with Crippen molar-refractivity contribution in [1.82, 2.24) is 0 Å². The van der Waals surface area contributed by atoms with Crippen LogP contribution in [-0.2, 0) is 0 Å². The lowest BCUT2D eigenvalue weighted by Crippen LogP contribution is -2.10. The Bertz CT molecular complexity index is 508. The van der Waals surface area contributed by atoms with Crippen molar-refractivity contribution < 1.29 is 0 Å². The van der Waals surface area contributed by atoms with E-state index in [0.717, 1.165) is 17.1 Å². The van der Waals surface area contributed by atoms with Gasteiger partial charge in [-0.2, -0.15) is 0 Å². The number of anilines is 1. The second kappa shape index (κ2) is 5.92. The van der Waals surface area contributed by atoms with Gasteiger partial charge in [-0.3, -0.25) is 0 Å². The number of benzene rings is 2. The van der Waals surface area contributed by atoms with E-state index in [4.69, 9.17) is 11.6 Å². The molecular weight excluding hydrogens is 242 g/mol. The number of nitrogens with one attached hydrogen (secondary N) is 1. The van der Waals surface area contributed by atoms with E-state index in [2.05, 4.69) is 43.4 Å². The van der Waals surface area contributed by atoms with Crippen molar-refractivity contribution >= 4 is 17.3 Å². The summed E-state index contributed by atoms with van der Waals surface area (Å²) in [5, 5.41) is 4.36. The zero-order chi connectivity index (χ0) is 13.0. The molecule has 1 unspecified atom stereocenters. The van der Waals surface area contributed by atoms with Crippen LogP contribution in [0, 0.1) is 6.92 Å². The molecule has 0 spiro atoms. The van der Waals surface area contributed by atoms with Gasteiger partial charge < -0.3 is 5.32 Å². The molecule has 1 nitrogen and oxygen atoms in total. The molecule has 0 aliphatic carbocycles. The standard InChI is InChI=1S/C16H18ClN/c1-3-15(13-7-5-4-6-8-13)18-16-10-9-14(17)11-12(16)2/h4-11,15,18H,3H2,1-2H3. The van der Waals surface area contributed by atoms with Crippen LogP contribution in [0.1, 0.15) is 30.5 Å². The van der Waals surface area contributed by atoms with E-state index in [1.54, 1.807) is 0 Å². The minimum atomic E-state index is 0.339. The molecule has 0 saturated carbocycles. The highest BCUT2D eigenvalue weighted by Crippen LogP contribution is 2.26. The molecule has 0 heterocycles. The van der Waals surface area contributed by atoms with Crippen LogP contribution in [0.2, 0.25) is 5.02 Å². The summed E-state index contributed by atoms with van der Waals surface area (Å²) in [6, 6.07) is 16.8. The van der Waals surface area contributed by atoms with Gasteiger partial charge in [0.05, 0.1) is 6.04 Å². The molecule has 1 N–H and O–H groups in total. The molecule has 0 aliphatic heterocycles. The first kappa shape index (κ1) is 13.0. The van der Waals surface area contributed by atoms with Crippen LogP contribution in [0.4, 0.5) is 5.69 Å². The number of rotatable bonds is 4. The van der Waals surface area contributed by atoms with E-state index in [0.29, 0.717) is 6.04 Å². The van der Waals surface area contributed by atoms with E-state index in [-0.39, 0.29) is 0 Å². The maximum absolute atomic E-state index is 5.98. The van der Waals surface area contributed by atoms with Crippen molar-refractivity contribution in [2.75, 3.05) is 5.32 Å². The molecule has 2 aromatic carbocycles. The summed E-state index contributed by atoms with van der Waals surface area (Å²) in [7, 11) is 0. The van der Waals surface area contributed by atoms with Gasteiger partial charge >= 0.3 is 0 Å². The summed E-state index contributed by atoms with van der Waals surface area (Å²) in [6.45, 7) is 4.27. The fourth-order valence-electron chi connectivity index (χ4n) is 2.08. The first-order valence-electron chi connectivity index (χ1n) is 6.28. The van der Waals surface area contributed by atoms with Crippen LogP contribution in [0.5, 0.6) is 0 Å². The summed E-state index contributed by atoms with van der Waals surface area (Å²) in [4.78, 5) is 0. The van der Waals surface area contributed by atoms with Crippen molar-refractivity contribution in [3.05, 3.63) is 64.7 Å². The Morgan fingerprint density at radius 1 is 1.11 bits per heavy atom. The third-order valence-corrected chi connectivity index (χ3v) is 3.36. The summed E-state index contributed by atoms with van der Waals surface area (Å²) in [5.74, 6) is 0. The van der Waals surface area contributed by atoms with Gasteiger partial charge in [0.2, 0.25) is 0 Å². The molecule has 0 fully saturated rings. The predicted molar refractivity (Wildman–Crippen MR) is 79.3 cm³/mol. The van der Waals surface area contributed by atoms with Gasteiger partial charge in [-0.1, -0.05) is 48.9 Å². The Kier molecular flexibility index (Phi) is 4.27. The molecule has 2 rings (SSSR count). The third-order valence-electron chi connectivity index (χ3n) is 3.13. The Hall–Kier alpha value is -1.47. The normalized spacial score (nSPS) is 12.2. The van der Waals surface area contributed by atoms with Gasteiger partial charge in [0.25, 0.3) is 0 Å². The van der Waals surface area contributed by atoms with Gasteiger partial charge in [-0.25, -0.2) is 0 Å². The first-order valence-corrected chi connectivity index (χ1v) is 6.66. The summed E-state index contributed by atoms with van der Waals surface area (Å²) in [6.07, 6.45) is 1.05. The van der Waals surface area contributed by atoms with Crippen LogP contribution in [0.25, 0.3) is 0 Å². The molecule has 94 valence electrons. The Morgan fingerprint density at radius 2 is 1.83 bits per heavy atom. The average Bonchev–Trinajstić information content (AvgIpc) is 2.39. The average molecular weight is 260 g/mol. The lowest BCUT2D eigenvalue weighted by Gasteiger charge is -2.20. The second-order valence-corrected chi connectivity index (χ2v) is 4.91. The maximum Gasteiger partial charge on any atom is 0.0511 e. The molecule has 2 heteroatoms. The van der Waals surface area contributed by atoms with Crippen molar-refractivity contribution in [3.63, 3.8) is 0 Å². The minimum absolute atomic E-state index is 0.339. The topological polar surface area (TPSA) is 12.0 Å². The van der Waals surface area contributed by atoms with Crippen molar-refractivity contribution in [1.29, 1.82) is 0 Å². The van der Waals surface area contributed by atoms with Crippen LogP contribution in [0.15, 0.2) is 48.5 Å². The largest absolute Gasteiger partial charge is 0.378 e. The highest BCUT2D eigenvalue weighted by Gasteiger charge is 2.09. The van der Waals surface area contributed by atoms with E-state index < -0.39 is 0 Å². The molecule has 0 aromatic heterocycles. The van der Waals surface area contributed by atoms with E-state index in [1.807, 2.05) is 24.3 Å². The first-order chi connectivity index (χ1) is 8.70. The molecule has 1 atom stereocenters. The van der Waals surface area contributed by atoms with E-state index in [9.17, 15) is 0 Å². The van der Waals surface area contributed by atoms with Gasteiger partial charge in [-0.05, 0) is 42.7 Å². The van der Waals surface area contributed by atoms with E-state index in [1.165, 1.54) is 11.1 Å². The molecule has 0 bridgehead atoms. The lowest BCUT2D eigenvalue weighted by atomic mass is 10.0. The molecule has 2 aromatic rings. The number of aryl methyl sites for hydroxylation is 1. The summed E-state index contributed by atoms with van der Waals surface area (Å²) < 4.78 is 0. The molecule has 0 aliphatic rings. The monoisotopic (exact) mass is 259 g/mol. The molecule has 18 heavy (non-hydrogen) atoms. The van der Waals surface area contributed by atoms with Crippen LogP contribution < -0.4 is 5.32 Å². The second-order valence-electron chi connectivity index (χ2n) is 4.48. The van der Waals surface area contributed by atoms with Gasteiger partial charge in [-0.15, -0.1) is 0 Å². The zero-order valence-corrected chi connectivity index (χ0v) is 11.5. The fraction of sp³-hybridized carbons (Fsp3) is 0.250. The van der Waals surface area contributed by atoms with Crippen molar-refractivity contribution in [3.8, 4) is 0 Å². The van der Waals surface area contributed by atoms with Crippen molar-refractivity contribution in [2.45, 2.75) is 26.3 Å². The Balaban J connectivity index is 2.21. The Labute approximate surface area is 114 Å². The SMILES string of the molecule is CCC(Nc1ccc(Cl)cc1C)c1ccccc1. The quantitative estimate of drug-likeness (QED) is 0.795. The lowest BCUT2D eigenvalue weighted by molar-refractivity contribution is 0.748. The predicted octanol–water partition coefficient (Wildman–Crippen LogP) is 5.21. The zero-order valence-electron chi connectivity index (χ0n) is 10.8. The highest BCUT2D eigenvalue weighted by molar-refractivity contribution is 6.30. The van der Waals surface area contributed by atoms with Gasteiger partial charge in [0.1, 0.15) is 0 Å². The highest BCUT2D eigenvalue weighted by atomic mass is 35.5. The fourth-order valence-corrected chi connectivity index (χ4v) is 2.31. The third kappa shape index (κ3) is 3.05. The number of hydrogen-bond donors (Lipinski definition) is 1. The number of halogens is 1. The maximum atomic E-state index is 5.98. The van der Waals surface area contributed by atoms with E-state index >= 15 is 0 Å². The minimum Gasteiger partial charge on any atom is -0.378 e. The molecule has 0 saturated heterocycles. The Morgan fingerprint density at radius 3 is 2.44 bits per heavy atom. The summed E-state index contributed by atoms with van der Waals surface area (Å²) in [5.41, 5.74) is 3.64. The van der Waals surface area contributed by atoms with Crippen LogP contribution in [0.3, 0.4) is 0 Å². The molecule has 0 amide bonds. The smallest absolute Gasteiger partial charge is 0.0511 e. The van der Waals surface area contributed by atoms with Gasteiger partial charge in [0, 0.05) is 10.7 Å².